The van der Waals surface area contributed by atoms with E-state index in [1.165, 1.54) is 0 Å². The highest BCUT2D eigenvalue weighted by molar-refractivity contribution is 5.88. The fourth-order valence-electron chi connectivity index (χ4n) is 4.00. The third kappa shape index (κ3) is 6.16. The number of carbonyl (C=O) groups is 1. The Bertz CT molecular complexity index is 1280. The number of hydrogen-bond acceptors (Lipinski definition) is 4. The summed E-state index contributed by atoms with van der Waals surface area (Å²) in [4.78, 5) is 16.5. The van der Waals surface area contributed by atoms with E-state index < -0.39 is 6.09 Å². The Labute approximate surface area is 213 Å². The molecule has 4 aromatic rings. The van der Waals surface area contributed by atoms with Crippen molar-refractivity contribution in [1.82, 2.24) is 9.80 Å². The van der Waals surface area contributed by atoms with Gasteiger partial charge in [0.2, 0.25) is 0 Å². The van der Waals surface area contributed by atoms with Crippen LogP contribution in [0.15, 0.2) is 84.9 Å². The lowest BCUT2D eigenvalue weighted by molar-refractivity contribution is 0.146. The third-order valence-electron chi connectivity index (χ3n) is 6.40. The third-order valence-corrected chi connectivity index (χ3v) is 6.40. The molecule has 0 N–H and O–H groups in total. The molecule has 36 heavy (non-hydrogen) atoms. The van der Waals surface area contributed by atoms with Crippen LogP contribution in [0.25, 0.3) is 10.8 Å². The van der Waals surface area contributed by atoms with Crippen LogP contribution in [0, 0.1) is 12.1 Å². The summed E-state index contributed by atoms with van der Waals surface area (Å²) in [5.41, 5.74) is 1.98. The van der Waals surface area contributed by atoms with Gasteiger partial charge in [0.15, 0.2) is 0 Å². The van der Waals surface area contributed by atoms with E-state index >= 15 is 0 Å². The second-order valence-electron chi connectivity index (χ2n) is 9.12. The number of benzene rings is 3. The lowest BCUT2D eigenvalue weighted by atomic mass is 10.1. The lowest BCUT2D eigenvalue weighted by Gasteiger charge is -2.23. The molecule has 0 aliphatic carbocycles. The van der Waals surface area contributed by atoms with Crippen LogP contribution in [0.5, 0.6) is 11.5 Å². The van der Waals surface area contributed by atoms with Gasteiger partial charge in [0.1, 0.15) is 17.6 Å². The highest BCUT2D eigenvalue weighted by Gasteiger charge is 2.19. The topological polar surface area (TPSA) is 42.0 Å². The maximum Gasteiger partial charge on any atom is 0.414 e. The number of fused-ring (bicyclic) bond motifs is 1. The van der Waals surface area contributed by atoms with Crippen LogP contribution >= 0.6 is 0 Å². The van der Waals surface area contributed by atoms with Crippen LogP contribution in [-0.2, 0) is 0 Å². The van der Waals surface area contributed by atoms with E-state index in [4.69, 9.17) is 9.47 Å². The standard InChI is InChI=1S/C31H32N2O3/c1-23(32(2)3)26-16-10-17-27(22-26)35-31(34)33(4)21-20-29(25-13-6-5-7-14-25)36-30-19-11-15-24-12-8-9-18-28(24)30/h5-6,8-13,15-19,22-23,29H,20-21H2,1-4H3/t23-,29-/m0/s1. The van der Waals surface area contributed by atoms with Gasteiger partial charge in [-0.3, -0.25) is 0 Å². The van der Waals surface area contributed by atoms with Crippen molar-refractivity contribution in [2.24, 2.45) is 0 Å². The summed E-state index contributed by atoms with van der Waals surface area (Å²) in [6.45, 7) is 2.56. The Morgan fingerprint density at radius 3 is 2.50 bits per heavy atom. The Kier molecular flexibility index (Phi) is 8.10. The van der Waals surface area contributed by atoms with E-state index in [-0.39, 0.29) is 12.1 Å². The summed E-state index contributed by atoms with van der Waals surface area (Å²) < 4.78 is 12.2. The number of nitrogens with zero attached hydrogens (tertiary/aromatic N) is 2. The average molecular weight is 481 g/mol. The van der Waals surface area contributed by atoms with E-state index in [9.17, 15) is 4.79 Å². The normalized spacial score (nSPS) is 12.6. The quantitative estimate of drug-likeness (QED) is 0.267. The molecule has 5 nitrogen and oxygen atoms in total. The van der Waals surface area contributed by atoms with Crippen molar-refractivity contribution >= 4 is 16.9 Å². The Balaban J connectivity index is 1.45. The molecule has 0 spiro atoms. The van der Waals surface area contributed by atoms with Crippen molar-refractivity contribution in [3.8, 4) is 11.5 Å². The number of hydrogen-bond donors (Lipinski definition) is 0. The Morgan fingerprint density at radius 1 is 0.944 bits per heavy atom. The molecule has 0 aliphatic heterocycles. The number of ether oxygens (including phenoxy) is 2. The number of amides is 1. The van der Waals surface area contributed by atoms with Crippen LogP contribution in [0.3, 0.4) is 0 Å². The summed E-state index contributed by atoms with van der Waals surface area (Å²) in [6, 6.07) is 33.9. The maximum absolute atomic E-state index is 12.8. The van der Waals surface area contributed by atoms with Crippen molar-refractivity contribution in [1.29, 1.82) is 0 Å². The van der Waals surface area contributed by atoms with Crippen LogP contribution in [0.2, 0.25) is 0 Å². The second kappa shape index (κ2) is 11.6. The predicted octanol–water partition coefficient (Wildman–Crippen LogP) is 6.70. The Hall–Kier alpha value is -4.01. The monoisotopic (exact) mass is 480 g/mol. The second-order valence-corrected chi connectivity index (χ2v) is 9.12. The highest BCUT2D eigenvalue weighted by Crippen LogP contribution is 2.31. The van der Waals surface area contributed by atoms with E-state index in [1.807, 2.05) is 74.8 Å². The van der Waals surface area contributed by atoms with Gasteiger partial charge in [0.25, 0.3) is 0 Å². The van der Waals surface area contributed by atoms with Crippen LogP contribution in [-0.4, -0.2) is 43.6 Å². The zero-order valence-corrected chi connectivity index (χ0v) is 21.3. The van der Waals surface area contributed by atoms with Gasteiger partial charge in [-0.05, 0) is 62.3 Å². The van der Waals surface area contributed by atoms with Gasteiger partial charge in [-0.2, -0.15) is 0 Å². The number of rotatable bonds is 9. The molecule has 0 bridgehead atoms. The number of carbonyl (C=O) groups excluding carboxylic acids is 1. The molecule has 0 saturated heterocycles. The predicted molar refractivity (Wildman–Crippen MR) is 143 cm³/mol. The highest BCUT2D eigenvalue weighted by atomic mass is 16.6. The van der Waals surface area contributed by atoms with E-state index in [2.05, 4.69) is 42.2 Å². The molecule has 0 aromatic heterocycles. The first-order valence-electron chi connectivity index (χ1n) is 12.1. The van der Waals surface area contributed by atoms with Crippen LogP contribution in [0.1, 0.15) is 36.6 Å². The largest absolute Gasteiger partial charge is 0.484 e. The molecule has 0 fully saturated rings. The van der Waals surface area contributed by atoms with Crippen molar-refractivity contribution in [3.63, 3.8) is 0 Å². The minimum atomic E-state index is -0.405. The van der Waals surface area contributed by atoms with Gasteiger partial charge in [0.05, 0.1) is 0 Å². The molecule has 5 heteroatoms. The fourth-order valence-corrected chi connectivity index (χ4v) is 4.00. The zero-order chi connectivity index (χ0) is 25.5. The minimum Gasteiger partial charge on any atom is -0.484 e. The lowest BCUT2D eigenvalue weighted by Crippen LogP contribution is -2.32. The van der Waals surface area contributed by atoms with Gasteiger partial charge in [-0.1, -0.05) is 66.7 Å². The van der Waals surface area contributed by atoms with Crippen LogP contribution in [0.4, 0.5) is 4.79 Å². The van der Waals surface area contributed by atoms with Gasteiger partial charge in [0, 0.05) is 37.0 Å². The van der Waals surface area contributed by atoms with E-state index in [1.54, 1.807) is 18.0 Å². The summed E-state index contributed by atoms with van der Waals surface area (Å²) in [7, 11) is 5.79. The first-order chi connectivity index (χ1) is 17.4. The van der Waals surface area contributed by atoms with E-state index in [0.29, 0.717) is 18.7 Å². The minimum absolute atomic E-state index is 0.215. The molecule has 4 aromatic carbocycles. The van der Waals surface area contributed by atoms with E-state index in [0.717, 1.165) is 27.6 Å². The first kappa shape index (κ1) is 25.1. The molecule has 2 atom stereocenters. The van der Waals surface area contributed by atoms with Gasteiger partial charge >= 0.3 is 6.09 Å². The smallest absolute Gasteiger partial charge is 0.414 e. The average Bonchev–Trinajstić information content (AvgIpc) is 2.91. The fraction of sp³-hybridized carbons (Fsp3) is 0.258. The summed E-state index contributed by atoms with van der Waals surface area (Å²) in [5, 5.41) is 2.16. The summed E-state index contributed by atoms with van der Waals surface area (Å²) in [5.74, 6) is 1.33. The molecule has 0 saturated carbocycles. The molecular formula is C31H32N2O3. The van der Waals surface area contributed by atoms with Gasteiger partial charge in [-0.15, -0.1) is 0 Å². The molecule has 0 unspecified atom stereocenters. The SMILES string of the molecule is C[C@@H](c1cccc(OC(=O)N(C)CC[C@H](Oc2cccc3ccccc23)c2c#cccc2)c1)N(C)C. The molecule has 184 valence electrons. The molecule has 1 amide bonds. The molecule has 0 heterocycles. The van der Waals surface area contributed by atoms with Crippen molar-refractivity contribution < 1.29 is 14.3 Å². The molecule has 0 aliphatic rings. The maximum atomic E-state index is 12.8. The molecule has 4 rings (SSSR count). The van der Waals surface area contributed by atoms with Crippen LogP contribution < -0.4 is 9.47 Å². The summed E-state index contributed by atoms with van der Waals surface area (Å²) >= 11 is 0. The van der Waals surface area contributed by atoms with Gasteiger partial charge < -0.3 is 19.3 Å². The van der Waals surface area contributed by atoms with Crippen molar-refractivity contribution in [2.45, 2.75) is 25.5 Å². The molecule has 0 radical (unpaired) electrons. The first-order valence-corrected chi connectivity index (χ1v) is 12.1. The van der Waals surface area contributed by atoms with Crippen molar-refractivity contribution in [2.75, 3.05) is 27.7 Å². The molecular weight excluding hydrogens is 448 g/mol. The Morgan fingerprint density at radius 2 is 1.72 bits per heavy atom. The van der Waals surface area contributed by atoms with Crippen molar-refractivity contribution in [3.05, 3.63) is 108 Å². The van der Waals surface area contributed by atoms with Gasteiger partial charge in [-0.25, -0.2) is 4.79 Å². The zero-order valence-electron chi connectivity index (χ0n) is 21.3. The summed E-state index contributed by atoms with van der Waals surface area (Å²) in [6.07, 6.45) is -0.133.